The Balaban J connectivity index is 1.61. The second-order valence-corrected chi connectivity index (χ2v) is 7.57. The summed E-state index contributed by atoms with van der Waals surface area (Å²) < 4.78 is 7.24. The van der Waals surface area contributed by atoms with Gasteiger partial charge in [-0.1, -0.05) is 0 Å². The quantitative estimate of drug-likeness (QED) is 0.640. The maximum absolute atomic E-state index is 12.5. The molecule has 25 heavy (non-hydrogen) atoms. The van der Waals surface area contributed by atoms with Crippen molar-refractivity contribution in [3.05, 3.63) is 66.9 Å². The Morgan fingerprint density at radius 3 is 2.80 bits per heavy atom. The monoisotopic (exact) mass is 464 g/mol. The van der Waals surface area contributed by atoms with E-state index in [2.05, 4.69) is 51.7 Å². The summed E-state index contributed by atoms with van der Waals surface area (Å²) in [7, 11) is 0. The highest BCUT2D eigenvalue weighted by atomic mass is 79.9. The zero-order valence-electron chi connectivity index (χ0n) is 13.1. The number of hydrogen-bond acceptors (Lipinski definition) is 5. The molecule has 0 amide bonds. The largest absolute Gasteiger partial charge is 0.461 e. The smallest absolute Gasteiger partial charge is 0.256 e. The Morgan fingerprint density at radius 2 is 2.08 bits per heavy atom. The van der Waals surface area contributed by atoms with Gasteiger partial charge in [-0.2, -0.15) is 0 Å². The van der Waals surface area contributed by atoms with E-state index in [9.17, 15) is 4.79 Å². The van der Waals surface area contributed by atoms with E-state index in [-0.39, 0.29) is 5.56 Å². The predicted molar refractivity (Wildman–Crippen MR) is 100 cm³/mol. The van der Waals surface area contributed by atoms with E-state index in [4.69, 9.17) is 4.42 Å². The molecule has 0 radical (unpaired) electrons. The maximum Gasteiger partial charge on any atom is 0.256 e. The highest BCUT2D eigenvalue weighted by Gasteiger charge is 2.23. The molecule has 1 aliphatic rings. The summed E-state index contributed by atoms with van der Waals surface area (Å²) in [5.74, 6) is 1.06. The van der Waals surface area contributed by atoms with Crippen molar-refractivity contribution in [2.75, 3.05) is 6.54 Å². The zero-order chi connectivity index (χ0) is 17.4. The fraction of sp³-hybridized carbons (Fsp3) is 0.235. The fourth-order valence-electron chi connectivity index (χ4n) is 2.96. The normalized spacial score (nSPS) is 14.5. The van der Waals surface area contributed by atoms with Gasteiger partial charge in [-0.05, 0) is 49.6 Å². The van der Waals surface area contributed by atoms with E-state index in [1.807, 2.05) is 0 Å². The van der Waals surface area contributed by atoms with Crippen molar-refractivity contribution in [2.24, 2.45) is 0 Å². The van der Waals surface area contributed by atoms with Gasteiger partial charge in [-0.25, -0.2) is 4.98 Å². The van der Waals surface area contributed by atoms with Crippen LogP contribution >= 0.6 is 31.9 Å². The van der Waals surface area contributed by atoms with Crippen LogP contribution in [0.15, 0.2) is 48.9 Å². The number of halogens is 2. The van der Waals surface area contributed by atoms with Crippen LogP contribution in [0.1, 0.15) is 16.8 Å². The van der Waals surface area contributed by atoms with Gasteiger partial charge in [0.05, 0.1) is 17.5 Å². The van der Waals surface area contributed by atoms with E-state index >= 15 is 0 Å². The molecule has 8 heteroatoms. The lowest BCUT2D eigenvalue weighted by atomic mass is 10.1. The van der Waals surface area contributed by atoms with Crippen molar-refractivity contribution >= 4 is 31.9 Å². The lowest BCUT2D eigenvalue weighted by Crippen LogP contribution is -2.35. The number of furan rings is 1. The predicted octanol–water partition coefficient (Wildman–Crippen LogP) is 3.51. The first kappa shape index (κ1) is 16.7. The molecule has 128 valence electrons. The average molecular weight is 466 g/mol. The summed E-state index contributed by atoms with van der Waals surface area (Å²) >= 11 is 7.08. The zero-order valence-corrected chi connectivity index (χ0v) is 16.3. The molecule has 4 heterocycles. The summed E-state index contributed by atoms with van der Waals surface area (Å²) in [6.45, 7) is 2.13. The molecule has 0 saturated carbocycles. The van der Waals surface area contributed by atoms with Crippen LogP contribution in [0.25, 0.3) is 11.6 Å². The SMILES string of the molecule is O=c1[nH]c(-c2ccco2)nc2c1CN(Cc1c(Br)cncc1Br)CC2. The van der Waals surface area contributed by atoms with Crippen LogP contribution in [0, 0.1) is 0 Å². The van der Waals surface area contributed by atoms with Crippen molar-refractivity contribution in [3.63, 3.8) is 0 Å². The molecule has 0 saturated heterocycles. The Labute approximate surface area is 160 Å². The molecule has 0 atom stereocenters. The number of hydrogen-bond donors (Lipinski definition) is 1. The first-order valence-electron chi connectivity index (χ1n) is 7.78. The van der Waals surface area contributed by atoms with E-state index in [0.717, 1.165) is 45.3 Å². The van der Waals surface area contributed by atoms with Crippen molar-refractivity contribution < 1.29 is 4.42 Å². The lowest BCUT2D eigenvalue weighted by Gasteiger charge is -2.28. The number of nitrogens with zero attached hydrogens (tertiary/aromatic N) is 3. The molecule has 6 nitrogen and oxygen atoms in total. The van der Waals surface area contributed by atoms with Crippen LogP contribution in [0.3, 0.4) is 0 Å². The van der Waals surface area contributed by atoms with Crippen molar-refractivity contribution in [1.82, 2.24) is 19.9 Å². The number of aromatic nitrogens is 3. The van der Waals surface area contributed by atoms with E-state index < -0.39 is 0 Å². The molecule has 0 aliphatic carbocycles. The van der Waals surface area contributed by atoms with E-state index in [1.165, 1.54) is 0 Å². The number of H-pyrrole nitrogens is 1. The maximum atomic E-state index is 12.5. The first-order chi connectivity index (χ1) is 12.1. The molecular formula is C17H14Br2N4O2. The minimum Gasteiger partial charge on any atom is -0.461 e. The van der Waals surface area contributed by atoms with Gasteiger partial charge >= 0.3 is 0 Å². The van der Waals surface area contributed by atoms with Crippen LogP contribution < -0.4 is 5.56 Å². The molecule has 0 spiro atoms. The highest BCUT2D eigenvalue weighted by Crippen LogP contribution is 2.27. The van der Waals surface area contributed by atoms with E-state index in [0.29, 0.717) is 18.1 Å². The minimum atomic E-state index is -0.103. The molecule has 0 fully saturated rings. The number of pyridine rings is 1. The van der Waals surface area contributed by atoms with Crippen molar-refractivity contribution in [2.45, 2.75) is 19.5 Å². The Bertz CT molecular complexity index is 949. The van der Waals surface area contributed by atoms with Gasteiger partial charge in [0.2, 0.25) is 0 Å². The van der Waals surface area contributed by atoms with Gasteiger partial charge in [0.25, 0.3) is 5.56 Å². The molecule has 3 aromatic rings. The third kappa shape index (κ3) is 3.33. The number of aromatic amines is 1. The molecular weight excluding hydrogens is 452 g/mol. The van der Waals surface area contributed by atoms with Crippen LogP contribution in [0.5, 0.6) is 0 Å². The van der Waals surface area contributed by atoms with Crippen LogP contribution in [0.4, 0.5) is 0 Å². The number of rotatable bonds is 3. The summed E-state index contributed by atoms with van der Waals surface area (Å²) in [5, 5.41) is 0. The van der Waals surface area contributed by atoms with Crippen molar-refractivity contribution in [1.29, 1.82) is 0 Å². The summed E-state index contributed by atoms with van der Waals surface area (Å²) in [5.41, 5.74) is 2.59. The standard InChI is InChI=1S/C17H14Br2N4O2/c18-12-6-20-7-13(19)10(12)8-23-4-3-14-11(9-23)17(24)22-16(21-14)15-2-1-5-25-15/h1-2,5-7H,3-4,8-9H2,(H,21,22,24). The second-order valence-electron chi connectivity index (χ2n) is 5.86. The van der Waals surface area contributed by atoms with E-state index in [1.54, 1.807) is 30.8 Å². The van der Waals surface area contributed by atoms with Gasteiger partial charge < -0.3 is 9.40 Å². The van der Waals surface area contributed by atoms with Crippen LogP contribution in [-0.2, 0) is 19.5 Å². The lowest BCUT2D eigenvalue weighted by molar-refractivity contribution is 0.241. The van der Waals surface area contributed by atoms with Crippen LogP contribution in [0.2, 0.25) is 0 Å². The van der Waals surface area contributed by atoms with Crippen LogP contribution in [-0.4, -0.2) is 26.4 Å². The number of nitrogens with one attached hydrogen (secondary N) is 1. The number of fused-ring (bicyclic) bond motifs is 1. The molecule has 1 N–H and O–H groups in total. The summed E-state index contributed by atoms with van der Waals surface area (Å²) in [4.78, 5) is 26.3. The van der Waals surface area contributed by atoms with Gasteiger partial charge in [0.15, 0.2) is 11.6 Å². The van der Waals surface area contributed by atoms with Gasteiger partial charge in [-0.15, -0.1) is 0 Å². The minimum absolute atomic E-state index is 0.103. The molecule has 0 aromatic carbocycles. The Hall–Kier alpha value is -1.77. The van der Waals surface area contributed by atoms with Crippen molar-refractivity contribution in [3.8, 4) is 11.6 Å². The third-order valence-electron chi connectivity index (χ3n) is 4.24. The summed E-state index contributed by atoms with van der Waals surface area (Å²) in [6.07, 6.45) is 5.86. The third-order valence-corrected chi connectivity index (χ3v) is 5.60. The Kier molecular flexibility index (Phi) is 4.58. The molecule has 0 bridgehead atoms. The molecule has 3 aromatic heterocycles. The van der Waals surface area contributed by atoms with Gasteiger partial charge in [0.1, 0.15) is 0 Å². The topological polar surface area (TPSA) is 75.0 Å². The Morgan fingerprint density at radius 1 is 1.28 bits per heavy atom. The molecule has 1 aliphatic heterocycles. The van der Waals surface area contributed by atoms with Gasteiger partial charge in [0, 0.05) is 47.4 Å². The van der Waals surface area contributed by atoms with Gasteiger partial charge in [-0.3, -0.25) is 14.7 Å². The average Bonchev–Trinajstić information content (AvgIpc) is 3.13. The first-order valence-corrected chi connectivity index (χ1v) is 9.36. The highest BCUT2D eigenvalue weighted by molar-refractivity contribution is 9.11. The fourth-order valence-corrected chi connectivity index (χ4v) is 4.14. The molecule has 0 unspecified atom stereocenters. The second kappa shape index (κ2) is 6.86. The summed E-state index contributed by atoms with van der Waals surface area (Å²) in [6, 6.07) is 3.57. The molecule has 4 rings (SSSR count).